The van der Waals surface area contributed by atoms with E-state index in [1.807, 2.05) is 13.8 Å². The van der Waals surface area contributed by atoms with Crippen molar-refractivity contribution in [3.05, 3.63) is 33.8 Å². The van der Waals surface area contributed by atoms with E-state index in [0.717, 1.165) is 0 Å². The highest BCUT2D eigenvalue weighted by atomic mass is 35.5. The van der Waals surface area contributed by atoms with E-state index in [4.69, 9.17) is 32.2 Å². The second kappa shape index (κ2) is 4.88. The molecular formula is C11H14Cl2O4P+. The molecule has 1 saturated heterocycles. The van der Waals surface area contributed by atoms with Gasteiger partial charge in [0.15, 0.2) is 0 Å². The molecule has 0 spiro atoms. The maximum atomic E-state index is 9.56. The van der Waals surface area contributed by atoms with E-state index in [9.17, 15) is 9.79 Å². The molecule has 1 unspecified atom stereocenters. The molecular weight excluding hydrogens is 298 g/mol. The topological polar surface area (TPSA) is 58.9 Å². The Kier molecular flexibility index (Phi) is 3.92. The Balaban J connectivity index is 2.46. The van der Waals surface area contributed by atoms with Gasteiger partial charge in [0.1, 0.15) is 12.7 Å². The molecule has 2 rings (SSSR count). The monoisotopic (exact) mass is 311 g/mol. The smallest absolute Gasteiger partial charge is 0.168 e. The molecule has 7 heteroatoms. The first-order chi connectivity index (χ1) is 8.23. The minimum atomic E-state index is -3.80. The van der Waals surface area contributed by atoms with Gasteiger partial charge >= 0.3 is 8.17 Å². The van der Waals surface area contributed by atoms with Crippen LogP contribution in [-0.4, -0.2) is 16.4 Å². The van der Waals surface area contributed by atoms with Crippen LogP contribution in [-0.2, 0) is 9.05 Å². The summed E-state index contributed by atoms with van der Waals surface area (Å²) in [5.74, 6) is 0. The summed E-state index contributed by atoms with van der Waals surface area (Å²) in [5, 5.41) is 0.866. The molecule has 100 valence electrons. The first kappa shape index (κ1) is 14.5. The number of rotatable bonds is 1. The van der Waals surface area contributed by atoms with Gasteiger partial charge in [0, 0.05) is 21.0 Å². The van der Waals surface area contributed by atoms with Crippen molar-refractivity contribution in [2.45, 2.75) is 20.0 Å². The highest BCUT2D eigenvalue weighted by Crippen LogP contribution is 2.64. The van der Waals surface area contributed by atoms with E-state index < -0.39 is 19.7 Å². The maximum Gasteiger partial charge on any atom is 0.570 e. The van der Waals surface area contributed by atoms with Crippen LogP contribution >= 0.6 is 31.4 Å². The zero-order valence-electron chi connectivity index (χ0n) is 9.93. The van der Waals surface area contributed by atoms with E-state index in [-0.39, 0.29) is 6.61 Å². The summed E-state index contributed by atoms with van der Waals surface area (Å²) in [6.07, 6.45) is -0.629. The average molecular weight is 312 g/mol. The summed E-state index contributed by atoms with van der Waals surface area (Å²) in [6.45, 7) is 3.92. The molecule has 0 amide bonds. The van der Waals surface area contributed by atoms with Gasteiger partial charge in [0.05, 0.1) is 0 Å². The van der Waals surface area contributed by atoms with Crippen LogP contribution in [0.25, 0.3) is 0 Å². The van der Waals surface area contributed by atoms with E-state index in [1.54, 1.807) is 18.2 Å². The van der Waals surface area contributed by atoms with Crippen LogP contribution in [0.3, 0.4) is 0 Å². The molecule has 0 bridgehead atoms. The second-order valence-electron chi connectivity index (χ2n) is 4.87. The van der Waals surface area contributed by atoms with Crippen molar-refractivity contribution in [3.63, 3.8) is 0 Å². The van der Waals surface area contributed by atoms with Crippen molar-refractivity contribution in [2.75, 3.05) is 6.61 Å². The molecule has 0 aliphatic carbocycles. The minimum absolute atomic E-state index is 0.153. The summed E-state index contributed by atoms with van der Waals surface area (Å²) in [7, 11) is -3.80. The summed E-state index contributed by atoms with van der Waals surface area (Å²) in [5.41, 5.74) is 0.0884. The molecule has 0 radical (unpaired) electrons. The lowest BCUT2D eigenvalue weighted by molar-refractivity contribution is -0.0631. The van der Waals surface area contributed by atoms with Gasteiger partial charge in [-0.05, 0) is 12.1 Å². The van der Waals surface area contributed by atoms with Crippen molar-refractivity contribution in [3.8, 4) is 0 Å². The summed E-state index contributed by atoms with van der Waals surface area (Å²) < 4.78 is 10.2. The van der Waals surface area contributed by atoms with Gasteiger partial charge < -0.3 is 0 Å². The zero-order chi connectivity index (χ0) is 13.6. The van der Waals surface area contributed by atoms with Crippen LogP contribution < -0.4 is 0 Å². The molecule has 1 aliphatic rings. The Hall–Kier alpha value is 0.0700. The molecule has 0 aromatic heterocycles. The number of benzene rings is 1. The van der Waals surface area contributed by atoms with Crippen LogP contribution in [0.1, 0.15) is 25.5 Å². The number of halogens is 2. The standard InChI is InChI=1S/C11H14Cl2O4P/c1-11(2)6-16-18(14,15)17-10(11)9-7(12)4-3-5-8(9)13/h3-5,10,14-15H,6H2,1-2H3/q+1. The van der Waals surface area contributed by atoms with E-state index in [0.29, 0.717) is 15.6 Å². The Morgan fingerprint density at radius 1 is 1.28 bits per heavy atom. The average Bonchev–Trinajstić information content (AvgIpc) is 2.23. The third kappa shape index (κ3) is 2.81. The third-order valence-corrected chi connectivity index (χ3v) is 4.43. The molecule has 1 aromatic rings. The highest BCUT2D eigenvalue weighted by Gasteiger charge is 2.55. The normalized spacial score (nSPS) is 26.0. The molecule has 18 heavy (non-hydrogen) atoms. The lowest BCUT2D eigenvalue weighted by Gasteiger charge is -2.37. The number of hydrogen-bond donors (Lipinski definition) is 2. The first-order valence-corrected chi connectivity index (χ1v) is 7.63. The maximum absolute atomic E-state index is 9.56. The van der Waals surface area contributed by atoms with Crippen molar-refractivity contribution in [1.29, 1.82) is 0 Å². The molecule has 1 aliphatic heterocycles. The van der Waals surface area contributed by atoms with Gasteiger partial charge in [-0.25, -0.2) is 0 Å². The quantitative estimate of drug-likeness (QED) is 0.775. The van der Waals surface area contributed by atoms with E-state index >= 15 is 0 Å². The molecule has 4 nitrogen and oxygen atoms in total. The van der Waals surface area contributed by atoms with E-state index in [2.05, 4.69) is 0 Å². The van der Waals surface area contributed by atoms with Crippen LogP contribution in [0.2, 0.25) is 10.0 Å². The predicted molar refractivity (Wildman–Crippen MR) is 71.4 cm³/mol. The predicted octanol–water partition coefficient (Wildman–Crippen LogP) is 3.77. The summed E-state index contributed by atoms with van der Waals surface area (Å²) >= 11 is 12.3. The number of hydrogen-bond acceptors (Lipinski definition) is 4. The van der Waals surface area contributed by atoms with Gasteiger partial charge in [-0.15, -0.1) is 4.52 Å². The van der Waals surface area contributed by atoms with Crippen LogP contribution in [0.15, 0.2) is 18.2 Å². The van der Waals surface area contributed by atoms with Crippen molar-refractivity contribution in [1.82, 2.24) is 0 Å². The Morgan fingerprint density at radius 2 is 1.83 bits per heavy atom. The lowest BCUT2D eigenvalue weighted by Crippen LogP contribution is -2.35. The van der Waals surface area contributed by atoms with Crippen molar-refractivity contribution < 1.29 is 18.8 Å². The van der Waals surface area contributed by atoms with Gasteiger partial charge in [0.25, 0.3) is 0 Å². The first-order valence-electron chi connectivity index (χ1n) is 5.34. The molecule has 1 atom stereocenters. The van der Waals surface area contributed by atoms with Crippen LogP contribution in [0, 0.1) is 5.41 Å². The van der Waals surface area contributed by atoms with Gasteiger partial charge in [-0.3, -0.25) is 0 Å². The zero-order valence-corrected chi connectivity index (χ0v) is 12.3. The van der Waals surface area contributed by atoms with Crippen LogP contribution in [0.5, 0.6) is 0 Å². The molecule has 1 aromatic carbocycles. The van der Waals surface area contributed by atoms with Crippen molar-refractivity contribution >= 4 is 31.4 Å². The molecule has 1 heterocycles. The molecule has 2 N–H and O–H groups in total. The highest BCUT2D eigenvalue weighted by molar-refractivity contribution is 7.54. The summed E-state index contributed by atoms with van der Waals surface area (Å²) in [4.78, 5) is 19.1. The fourth-order valence-corrected chi connectivity index (χ4v) is 3.66. The molecule has 0 saturated carbocycles. The fraction of sp³-hybridized carbons (Fsp3) is 0.455. The minimum Gasteiger partial charge on any atom is -0.168 e. The largest absolute Gasteiger partial charge is 0.570 e. The SMILES string of the molecule is CC1(C)CO[P+](O)(O)OC1c1c(Cl)cccc1Cl. The van der Waals surface area contributed by atoms with Crippen LogP contribution in [0.4, 0.5) is 0 Å². The third-order valence-electron chi connectivity index (χ3n) is 2.82. The lowest BCUT2D eigenvalue weighted by atomic mass is 9.83. The fourth-order valence-electron chi connectivity index (χ4n) is 1.84. The summed E-state index contributed by atoms with van der Waals surface area (Å²) in [6, 6.07) is 5.10. The Morgan fingerprint density at radius 3 is 2.39 bits per heavy atom. The van der Waals surface area contributed by atoms with Crippen molar-refractivity contribution in [2.24, 2.45) is 5.41 Å². The molecule has 1 fully saturated rings. The second-order valence-corrected chi connectivity index (χ2v) is 7.14. The van der Waals surface area contributed by atoms with Gasteiger partial charge in [0.2, 0.25) is 0 Å². The van der Waals surface area contributed by atoms with Gasteiger partial charge in [-0.2, -0.15) is 14.3 Å². The van der Waals surface area contributed by atoms with E-state index in [1.165, 1.54) is 0 Å². The van der Waals surface area contributed by atoms with Gasteiger partial charge in [-0.1, -0.05) is 43.1 Å². The Bertz CT molecular complexity index is 444. The Labute approximate surface area is 116 Å².